The van der Waals surface area contributed by atoms with Gasteiger partial charge in [0.2, 0.25) is 0 Å². The molecule has 0 saturated heterocycles. The van der Waals surface area contributed by atoms with E-state index in [2.05, 4.69) is 37.0 Å². The first-order valence-electron chi connectivity index (χ1n) is 8.73. The van der Waals surface area contributed by atoms with Gasteiger partial charge in [-0.05, 0) is 40.8 Å². The molecule has 3 rings (SSSR count). The lowest BCUT2D eigenvalue weighted by molar-refractivity contribution is -0.136. The minimum absolute atomic E-state index is 0.0244. The lowest BCUT2D eigenvalue weighted by Gasteiger charge is -2.09. The molecule has 0 aliphatic carbocycles. The summed E-state index contributed by atoms with van der Waals surface area (Å²) in [4.78, 5) is 15.4. The van der Waals surface area contributed by atoms with Crippen molar-refractivity contribution in [2.45, 2.75) is 37.0 Å². The van der Waals surface area contributed by atoms with E-state index in [0.29, 0.717) is 17.2 Å². The van der Waals surface area contributed by atoms with Crippen LogP contribution in [0.4, 0.5) is 0 Å². The van der Waals surface area contributed by atoms with Crippen LogP contribution in [0.15, 0.2) is 53.6 Å². The summed E-state index contributed by atoms with van der Waals surface area (Å²) in [5.41, 5.74) is 4.54. The zero-order chi connectivity index (χ0) is 19.4. The molecule has 5 heteroatoms. The topological polar surface area (TPSA) is 74.0 Å². The number of aromatic nitrogens is 1. The number of hydrogen-bond donors (Lipinski definition) is 1. The lowest BCUT2D eigenvalue weighted by Crippen LogP contribution is -1.99. The van der Waals surface area contributed by atoms with Crippen molar-refractivity contribution in [3.05, 3.63) is 70.8 Å². The summed E-state index contributed by atoms with van der Waals surface area (Å²) in [6, 6.07) is 17.9. The van der Waals surface area contributed by atoms with E-state index in [1.54, 1.807) is 0 Å². The molecule has 1 heterocycles. The van der Waals surface area contributed by atoms with Gasteiger partial charge in [0.05, 0.1) is 17.5 Å². The van der Waals surface area contributed by atoms with Crippen LogP contribution in [0.5, 0.6) is 0 Å². The number of rotatable bonds is 6. The average molecular weight is 376 g/mol. The monoisotopic (exact) mass is 376 g/mol. The van der Waals surface area contributed by atoms with Crippen molar-refractivity contribution in [1.82, 2.24) is 4.98 Å². The molecule has 1 N–H and O–H groups in total. The SMILES string of the molecule is CC(C)c1ccc2nc(SCc3ccc(CC(=O)O)cc3)c(C#N)cc2c1. The number of hydrogen-bond acceptors (Lipinski definition) is 4. The quantitative estimate of drug-likeness (QED) is 0.602. The highest BCUT2D eigenvalue weighted by atomic mass is 32.2. The Morgan fingerprint density at radius 3 is 2.48 bits per heavy atom. The highest BCUT2D eigenvalue weighted by Gasteiger charge is 2.10. The van der Waals surface area contributed by atoms with Gasteiger partial charge in [0, 0.05) is 11.1 Å². The number of benzene rings is 2. The molecule has 4 nitrogen and oxygen atoms in total. The number of nitrogens with zero attached hydrogens (tertiary/aromatic N) is 2. The van der Waals surface area contributed by atoms with Gasteiger partial charge in [0.25, 0.3) is 0 Å². The third kappa shape index (κ3) is 4.66. The van der Waals surface area contributed by atoms with Gasteiger partial charge in [-0.15, -0.1) is 11.8 Å². The molecule has 0 amide bonds. The zero-order valence-electron chi connectivity index (χ0n) is 15.3. The fraction of sp³-hybridized carbons (Fsp3) is 0.227. The smallest absolute Gasteiger partial charge is 0.307 e. The maximum absolute atomic E-state index is 10.8. The fourth-order valence-corrected chi connectivity index (χ4v) is 3.72. The molecule has 0 aliphatic rings. The Balaban J connectivity index is 1.81. The van der Waals surface area contributed by atoms with E-state index in [0.717, 1.165) is 27.1 Å². The summed E-state index contributed by atoms with van der Waals surface area (Å²) in [7, 11) is 0. The van der Waals surface area contributed by atoms with Crippen molar-refractivity contribution in [3.63, 3.8) is 0 Å². The van der Waals surface area contributed by atoms with E-state index in [4.69, 9.17) is 5.11 Å². The third-order valence-electron chi connectivity index (χ3n) is 4.34. The van der Waals surface area contributed by atoms with Gasteiger partial charge in [-0.1, -0.05) is 44.2 Å². The van der Waals surface area contributed by atoms with Crippen molar-refractivity contribution in [3.8, 4) is 6.07 Å². The van der Waals surface area contributed by atoms with E-state index in [1.165, 1.54) is 17.3 Å². The molecule has 0 radical (unpaired) electrons. The molecule has 0 saturated carbocycles. The standard InChI is InChI=1S/C22H20N2O2S/c1-14(2)17-7-8-20-18(10-17)11-19(12-23)22(24-20)27-13-16-5-3-15(4-6-16)9-21(25)26/h3-8,10-11,14H,9,13H2,1-2H3,(H,25,26). The Bertz CT molecular complexity index is 1020. The Morgan fingerprint density at radius 2 is 1.85 bits per heavy atom. The van der Waals surface area contributed by atoms with Crippen molar-refractivity contribution in [1.29, 1.82) is 5.26 Å². The maximum atomic E-state index is 10.8. The molecule has 0 spiro atoms. The van der Waals surface area contributed by atoms with Crippen LogP contribution >= 0.6 is 11.8 Å². The Hall–Kier alpha value is -2.84. The van der Waals surface area contributed by atoms with Crippen LogP contribution in [-0.2, 0) is 17.0 Å². The maximum Gasteiger partial charge on any atom is 0.307 e. The molecule has 1 aromatic heterocycles. The molecule has 27 heavy (non-hydrogen) atoms. The van der Waals surface area contributed by atoms with E-state index in [9.17, 15) is 10.1 Å². The molecular weight excluding hydrogens is 356 g/mol. The van der Waals surface area contributed by atoms with E-state index in [1.807, 2.05) is 36.4 Å². The Kier molecular flexibility index (Phi) is 5.78. The first kappa shape index (κ1) is 18.9. The molecule has 0 atom stereocenters. The first-order valence-corrected chi connectivity index (χ1v) is 9.72. The third-order valence-corrected chi connectivity index (χ3v) is 5.41. The number of carboxylic acid groups (broad SMARTS) is 1. The zero-order valence-corrected chi connectivity index (χ0v) is 16.1. The highest BCUT2D eigenvalue weighted by molar-refractivity contribution is 7.98. The van der Waals surface area contributed by atoms with Gasteiger partial charge in [-0.2, -0.15) is 5.26 Å². The van der Waals surface area contributed by atoms with Gasteiger partial charge in [0.15, 0.2) is 0 Å². The van der Waals surface area contributed by atoms with Crippen LogP contribution in [0.25, 0.3) is 10.9 Å². The van der Waals surface area contributed by atoms with Crippen molar-refractivity contribution >= 4 is 28.6 Å². The van der Waals surface area contributed by atoms with Gasteiger partial charge in [0.1, 0.15) is 11.1 Å². The number of aliphatic carboxylic acids is 1. The summed E-state index contributed by atoms with van der Waals surface area (Å²) in [5.74, 6) is 0.264. The number of carboxylic acids is 1. The van der Waals surface area contributed by atoms with Crippen LogP contribution in [0.2, 0.25) is 0 Å². The fourth-order valence-electron chi connectivity index (χ4n) is 2.81. The van der Waals surface area contributed by atoms with Crippen molar-refractivity contribution < 1.29 is 9.90 Å². The van der Waals surface area contributed by atoms with E-state index in [-0.39, 0.29) is 6.42 Å². The Morgan fingerprint density at radius 1 is 1.15 bits per heavy atom. The van der Waals surface area contributed by atoms with E-state index >= 15 is 0 Å². The summed E-state index contributed by atoms with van der Waals surface area (Å²) in [6.07, 6.45) is 0.0244. The van der Waals surface area contributed by atoms with Crippen LogP contribution in [0.3, 0.4) is 0 Å². The average Bonchev–Trinajstić information content (AvgIpc) is 2.65. The largest absolute Gasteiger partial charge is 0.481 e. The Labute approximate surface area is 162 Å². The molecule has 0 aliphatic heterocycles. The number of thioether (sulfide) groups is 1. The molecule has 3 aromatic rings. The van der Waals surface area contributed by atoms with Crippen LogP contribution in [-0.4, -0.2) is 16.1 Å². The van der Waals surface area contributed by atoms with Gasteiger partial charge < -0.3 is 5.11 Å². The normalized spacial score (nSPS) is 10.9. The second-order valence-corrected chi connectivity index (χ2v) is 7.70. The molecular formula is C22H20N2O2S. The molecule has 0 bridgehead atoms. The van der Waals surface area contributed by atoms with E-state index < -0.39 is 5.97 Å². The predicted octanol–water partition coefficient (Wildman–Crippen LogP) is 5.15. The molecule has 0 unspecified atom stereocenters. The first-order chi connectivity index (χ1) is 13.0. The van der Waals surface area contributed by atoms with Crippen LogP contribution in [0.1, 0.15) is 42.0 Å². The number of nitriles is 1. The number of pyridine rings is 1. The summed E-state index contributed by atoms with van der Waals surface area (Å²) >= 11 is 1.52. The van der Waals surface area contributed by atoms with Crippen LogP contribution < -0.4 is 0 Å². The summed E-state index contributed by atoms with van der Waals surface area (Å²) in [5, 5.41) is 20.1. The van der Waals surface area contributed by atoms with Gasteiger partial charge in [-0.3, -0.25) is 4.79 Å². The van der Waals surface area contributed by atoms with Gasteiger partial charge in [-0.25, -0.2) is 4.98 Å². The second-order valence-electron chi connectivity index (χ2n) is 6.74. The minimum atomic E-state index is -0.836. The predicted molar refractivity (Wildman–Crippen MR) is 108 cm³/mol. The number of carbonyl (C=O) groups is 1. The number of fused-ring (bicyclic) bond motifs is 1. The summed E-state index contributed by atoms with van der Waals surface area (Å²) < 4.78 is 0. The van der Waals surface area contributed by atoms with Crippen molar-refractivity contribution in [2.24, 2.45) is 0 Å². The molecule has 136 valence electrons. The van der Waals surface area contributed by atoms with Gasteiger partial charge >= 0.3 is 5.97 Å². The molecule has 2 aromatic carbocycles. The van der Waals surface area contributed by atoms with Crippen LogP contribution in [0, 0.1) is 11.3 Å². The second kappa shape index (κ2) is 8.24. The highest BCUT2D eigenvalue weighted by Crippen LogP contribution is 2.29. The van der Waals surface area contributed by atoms with Crippen molar-refractivity contribution in [2.75, 3.05) is 0 Å². The summed E-state index contributed by atoms with van der Waals surface area (Å²) in [6.45, 7) is 4.29. The minimum Gasteiger partial charge on any atom is -0.481 e. The lowest BCUT2D eigenvalue weighted by atomic mass is 10.0. The molecule has 0 fully saturated rings.